The molecule has 7 heteroatoms. The molecule has 3 heterocycles. The van der Waals surface area contributed by atoms with Crippen molar-refractivity contribution in [2.75, 3.05) is 6.54 Å². The lowest BCUT2D eigenvalue weighted by molar-refractivity contribution is 0.127. The number of nitrogens with one attached hydrogen (secondary N) is 1. The molecule has 0 unspecified atom stereocenters. The summed E-state index contributed by atoms with van der Waals surface area (Å²) in [4.78, 5) is 12.9. The van der Waals surface area contributed by atoms with Crippen molar-refractivity contribution in [3.63, 3.8) is 0 Å². The molecule has 1 saturated carbocycles. The van der Waals surface area contributed by atoms with Crippen molar-refractivity contribution in [2.45, 2.75) is 37.3 Å². The minimum atomic E-state index is 0.151. The van der Waals surface area contributed by atoms with Crippen LogP contribution < -0.4 is 10.1 Å². The van der Waals surface area contributed by atoms with E-state index in [1.807, 2.05) is 22.9 Å². The van der Waals surface area contributed by atoms with E-state index in [9.17, 15) is 5.11 Å². The van der Waals surface area contributed by atoms with Crippen molar-refractivity contribution in [1.29, 1.82) is 0 Å². The van der Waals surface area contributed by atoms with Crippen molar-refractivity contribution in [1.82, 2.24) is 24.8 Å². The highest BCUT2D eigenvalue weighted by molar-refractivity contribution is 5.68. The van der Waals surface area contributed by atoms with Crippen LogP contribution in [0.2, 0.25) is 0 Å². The van der Waals surface area contributed by atoms with Crippen LogP contribution in [0, 0.1) is 0 Å². The first kappa shape index (κ1) is 16.3. The van der Waals surface area contributed by atoms with Crippen molar-refractivity contribution in [3.8, 4) is 28.6 Å². The molecule has 1 saturated heterocycles. The van der Waals surface area contributed by atoms with E-state index in [1.54, 1.807) is 31.0 Å². The number of aromatic nitrogens is 4. The molecule has 2 N–H and O–H groups in total. The van der Waals surface area contributed by atoms with Crippen LogP contribution in [-0.2, 0) is 0 Å². The number of imidazole rings is 1. The van der Waals surface area contributed by atoms with E-state index in [1.165, 1.54) is 12.8 Å². The van der Waals surface area contributed by atoms with Crippen LogP contribution in [0.25, 0.3) is 16.9 Å². The van der Waals surface area contributed by atoms with E-state index in [4.69, 9.17) is 4.74 Å². The molecule has 0 radical (unpaired) electrons. The van der Waals surface area contributed by atoms with E-state index in [-0.39, 0.29) is 11.9 Å². The fourth-order valence-electron chi connectivity index (χ4n) is 3.74. The van der Waals surface area contributed by atoms with Gasteiger partial charge in [0.1, 0.15) is 11.9 Å². The van der Waals surface area contributed by atoms with E-state index >= 15 is 0 Å². The molecule has 0 bridgehead atoms. The normalized spacial score (nSPS) is 20.5. The van der Waals surface area contributed by atoms with Gasteiger partial charge in [0.05, 0.1) is 30.1 Å². The Labute approximate surface area is 157 Å². The standard InChI is InChI=1S/C20H21N5O2/c26-18-9-14(25-8-7-21-13-25)1-2-16(18)17-11-23-19(12-22-17)27-15-3-6-24-20(10-15)4-5-20/h1-2,7-9,11-13,15,24,26H,3-6,10H2/t15-/m0/s1. The van der Waals surface area contributed by atoms with Gasteiger partial charge in [0.15, 0.2) is 0 Å². The number of aromatic hydroxyl groups is 1. The van der Waals surface area contributed by atoms with Crippen molar-refractivity contribution >= 4 is 0 Å². The van der Waals surface area contributed by atoms with Gasteiger partial charge < -0.3 is 19.7 Å². The molecule has 1 spiro atoms. The Morgan fingerprint density at radius 1 is 1.22 bits per heavy atom. The zero-order chi connectivity index (χ0) is 18.3. The molecule has 0 amide bonds. The zero-order valence-electron chi connectivity index (χ0n) is 14.9. The summed E-state index contributed by atoms with van der Waals surface area (Å²) in [6, 6.07) is 5.43. The fraction of sp³-hybridized carbons (Fsp3) is 0.350. The van der Waals surface area contributed by atoms with E-state index in [2.05, 4.69) is 20.3 Å². The number of piperidine rings is 1. The number of ether oxygens (including phenoxy) is 1. The van der Waals surface area contributed by atoms with Crippen molar-refractivity contribution in [2.24, 2.45) is 0 Å². The molecule has 2 fully saturated rings. The summed E-state index contributed by atoms with van der Waals surface area (Å²) in [5.41, 5.74) is 2.40. The SMILES string of the molecule is Oc1cc(-n2ccnc2)ccc1-c1cnc(O[C@H]2CCNC3(CC3)C2)cn1. The van der Waals surface area contributed by atoms with Crippen LogP contribution in [0.4, 0.5) is 0 Å². The number of phenols is 1. The Kier molecular flexibility index (Phi) is 3.82. The van der Waals surface area contributed by atoms with Gasteiger partial charge >= 0.3 is 0 Å². The van der Waals surface area contributed by atoms with Gasteiger partial charge in [0, 0.05) is 36.0 Å². The molecule has 3 aromatic rings. The number of nitrogens with zero attached hydrogens (tertiary/aromatic N) is 4. The highest BCUT2D eigenvalue weighted by atomic mass is 16.5. The lowest BCUT2D eigenvalue weighted by Gasteiger charge is -2.30. The van der Waals surface area contributed by atoms with E-state index in [0.29, 0.717) is 22.7 Å². The number of hydrogen-bond donors (Lipinski definition) is 2. The third-order valence-corrected chi connectivity index (χ3v) is 5.41. The highest BCUT2D eigenvalue weighted by Gasteiger charge is 2.46. The Morgan fingerprint density at radius 3 is 2.85 bits per heavy atom. The van der Waals surface area contributed by atoms with Crippen LogP contribution in [0.5, 0.6) is 11.6 Å². The van der Waals surface area contributed by atoms with Crippen molar-refractivity contribution in [3.05, 3.63) is 49.3 Å². The summed E-state index contributed by atoms with van der Waals surface area (Å²) in [7, 11) is 0. The Hall–Kier alpha value is -2.93. The molecule has 5 rings (SSSR count). The maximum Gasteiger partial charge on any atom is 0.232 e. The number of hydrogen-bond acceptors (Lipinski definition) is 6. The first-order valence-corrected chi connectivity index (χ1v) is 9.26. The zero-order valence-corrected chi connectivity index (χ0v) is 14.9. The summed E-state index contributed by atoms with van der Waals surface area (Å²) in [6.45, 7) is 0.993. The van der Waals surface area contributed by atoms with Crippen LogP contribution in [-0.4, -0.2) is 42.8 Å². The number of rotatable bonds is 4. The number of benzene rings is 1. The average molecular weight is 363 g/mol. The Bertz CT molecular complexity index is 936. The third-order valence-electron chi connectivity index (χ3n) is 5.41. The summed E-state index contributed by atoms with van der Waals surface area (Å²) in [6.07, 6.45) is 13.2. The second kappa shape index (κ2) is 6.35. The smallest absolute Gasteiger partial charge is 0.232 e. The second-order valence-corrected chi connectivity index (χ2v) is 7.35. The first-order chi connectivity index (χ1) is 13.2. The topological polar surface area (TPSA) is 85.1 Å². The van der Waals surface area contributed by atoms with Gasteiger partial charge in [-0.2, -0.15) is 0 Å². The summed E-state index contributed by atoms with van der Waals surface area (Å²) in [5, 5.41) is 14.0. The maximum absolute atomic E-state index is 10.4. The Balaban J connectivity index is 1.31. The molecule has 27 heavy (non-hydrogen) atoms. The van der Waals surface area contributed by atoms with Crippen molar-refractivity contribution < 1.29 is 9.84 Å². The summed E-state index contributed by atoms with van der Waals surface area (Å²) >= 11 is 0. The van der Waals surface area contributed by atoms with Gasteiger partial charge in [-0.05, 0) is 37.9 Å². The second-order valence-electron chi connectivity index (χ2n) is 7.35. The van der Waals surface area contributed by atoms with Crippen LogP contribution >= 0.6 is 0 Å². The molecule has 2 aromatic heterocycles. The molecule has 1 atom stereocenters. The molecule has 1 aliphatic heterocycles. The predicted molar refractivity (Wildman–Crippen MR) is 99.9 cm³/mol. The van der Waals surface area contributed by atoms with Gasteiger partial charge in [-0.3, -0.25) is 0 Å². The van der Waals surface area contributed by atoms with E-state index in [0.717, 1.165) is 25.1 Å². The minimum Gasteiger partial charge on any atom is -0.507 e. The van der Waals surface area contributed by atoms with Crippen LogP contribution in [0.15, 0.2) is 49.3 Å². The molecule has 2 aliphatic rings. The van der Waals surface area contributed by atoms with Gasteiger partial charge in [-0.25, -0.2) is 15.0 Å². The monoisotopic (exact) mass is 363 g/mol. The van der Waals surface area contributed by atoms with Crippen LogP contribution in [0.1, 0.15) is 25.7 Å². The molecular formula is C20H21N5O2. The highest BCUT2D eigenvalue weighted by Crippen LogP contribution is 2.42. The van der Waals surface area contributed by atoms with Gasteiger partial charge in [0.2, 0.25) is 5.88 Å². The summed E-state index contributed by atoms with van der Waals surface area (Å²) < 4.78 is 7.86. The van der Waals surface area contributed by atoms with E-state index < -0.39 is 0 Å². The largest absolute Gasteiger partial charge is 0.507 e. The molecule has 1 aromatic carbocycles. The Morgan fingerprint density at radius 2 is 2.15 bits per heavy atom. The van der Waals surface area contributed by atoms with Gasteiger partial charge in [-0.1, -0.05) is 0 Å². The fourth-order valence-corrected chi connectivity index (χ4v) is 3.74. The van der Waals surface area contributed by atoms with Crippen LogP contribution in [0.3, 0.4) is 0 Å². The first-order valence-electron chi connectivity index (χ1n) is 9.26. The number of phenolic OH excluding ortho intramolecular Hbond substituents is 1. The molecular weight excluding hydrogens is 342 g/mol. The maximum atomic E-state index is 10.4. The molecule has 1 aliphatic carbocycles. The van der Waals surface area contributed by atoms with Gasteiger partial charge in [0.25, 0.3) is 0 Å². The predicted octanol–water partition coefficient (Wildman–Crippen LogP) is 2.70. The summed E-state index contributed by atoms with van der Waals surface area (Å²) in [5.74, 6) is 0.689. The average Bonchev–Trinajstić information content (AvgIpc) is 3.20. The van der Waals surface area contributed by atoms with Gasteiger partial charge in [-0.15, -0.1) is 0 Å². The molecule has 7 nitrogen and oxygen atoms in total. The third kappa shape index (κ3) is 3.26. The quantitative estimate of drug-likeness (QED) is 0.741. The molecule has 138 valence electrons. The minimum absolute atomic E-state index is 0.151. The lowest BCUT2D eigenvalue weighted by Crippen LogP contribution is -2.44. The lowest BCUT2D eigenvalue weighted by atomic mass is 10.00.